The van der Waals surface area contributed by atoms with E-state index in [9.17, 15) is 5.11 Å². The molecule has 2 bridgehead atoms. The second kappa shape index (κ2) is 6.10. The maximum Gasteiger partial charge on any atom is 0.151 e. The highest BCUT2D eigenvalue weighted by Crippen LogP contribution is 2.60. The lowest BCUT2D eigenvalue weighted by Gasteiger charge is -2.48. The van der Waals surface area contributed by atoms with Gasteiger partial charge in [0.2, 0.25) is 0 Å². The van der Waals surface area contributed by atoms with Gasteiger partial charge < -0.3 is 14.3 Å². The van der Waals surface area contributed by atoms with E-state index in [0.29, 0.717) is 17.8 Å². The zero-order valence-corrected chi connectivity index (χ0v) is 15.9. The molecule has 4 atom stereocenters. The molecule has 2 aromatic carbocycles. The fraction of sp³-hybridized carbons (Fsp3) is 0.435. The van der Waals surface area contributed by atoms with Crippen LogP contribution in [0.4, 0.5) is 5.69 Å². The molecule has 27 heavy (non-hydrogen) atoms. The van der Waals surface area contributed by atoms with Gasteiger partial charge in [-0.05, 0) is 18.1 Å². The Labute approximate surface area is 160 Å². The molecule has 140 valence electrons. The number of fused-ring (bicyclic) bond motifs is 5. The van der Waals surface area contributed by atoms with Gasteiger partial charge in [0.25, 0.3) is 0 Å². The fourth-order valence-corrected chi connectivity index (χ4v) is 5.68. The van der Waals surface area contributed by atoms with Crippen molar-refractivity contribution in [2.75, 3.05) is 14.1 Å². The molecule has 2 heterocycles. The maximum absolute atomic E-state index is 12.6. The van der Waals surface area contributed by atoms with E-state index in [4.69, 9.17) is 4.74 Å². The molecule has 0 aromatic heterocycles. The molecule has 1 saturated carbocycles. The molecule has 5 rings (SSSR count). The number of piperidine rings is 2. The summed E-state index contributed by atoms with van der Waals surface area (Å²) in [6, 6.07) is 19.1. The van der Waals surface area contributed by atoms with Crippen LogP contribution in [0, 0.1) is 11.8 Å². The number of hydrogen-bond acceptors (Lipinski definition) is 3. The lowest BCUT2D eigenvalue weighted by Crippen LogP contribution is -2.59. The van der Waals surface area contributed by atoms with Crippen molar-refractivity contribution < 1.29 is 14.3 Å². The van der Waals surface area contributed by atoms with Gasteiger partial charge in [-0.3, -0.25) is 0 Å². The summed E-state index contributed by atoms with van der Waals surface area (Å²) >= 11 is 0. The van der Waals surface area contributed by atoms with E-state index in [0.717, 1.165) is 40.3 Å². The van der Waals surface area contributed by atoms with Gasteiger partial charge in [-0.2, -0.15) is 0 Å². The number of quaternary nitrogens is 1. The summed E-state index contributed by atoms with van der Waals surface area (Å²) in [7, 11) is 4.69. The van der Waals surface area contributed by atoms with Crippen LogP contribution < -0.4 is 5.11 Å². The van der Waals surface area contributed by atoms with E-state index >= 15 is 0 Å². The highest BCUT2D eigenvalue weighted by atomic mass is 16.6. The Morgan fingerprint density at radius 1 is 0.926 bits per heavy atom. The van der Waals surface area contributed by atoms with Crippen molar-refractivity contribution in [2.24, 2.45) is 16.8 Å². The van der Waals surface area contributed by atoms with Gasteiger partial charge in [-0.25, -0.2) is 4.99 Å². The van der Waals surface area contributed by atoms with Crippen molar-refractivity contribution in [1.82, 2.24) is 0 Å². The van der Waals surface area contributed by atoms with Crippen LogP contribution in [-0.2, 0) is 4.74 Å². The fourth-order valence-electron chi connectivity index (χ4n) is 5.68. The van der Waals surface area contributed by atoms with E-state index in [1.165, 1.54) is 6.42 Å². The number of aliphatic imine (C=N–C) groups is 1. The number of nitrogens with zero attached hydrogens (tertiary/aromatic N) is 2. The third kappa shape index (κ3) is 2.83. The molecule has 2 saturated heterocycles. The minimum atomic E-state index is -0.455. The van der Waals surface area contributed by atoms with Gasteiger partial charge in [0.15, 0.2) is 6.08 Å². The first-order valence-electron chi connectivity index (χ1n) is 9.94. The maximum atomic E-state index is 12.6. The van der Waals surface area contributed by atoms with Gasteiger partial charge >= 0.3 is 0 Å². The summed E-state index contributed by atoms with van der Waals surface area (Å²) in [5, 5.41) is 12.6. The van der Waals surface area contributed by atoms with Crippen LogP contribution >= 0.6 is 0 Å². The molecular formula is C23H26N2O2. The van der Waals surface area contributed by atoms with Gasteiger partial charge in [0, 0.05) is 36.3 Å². The van der Waals surface area contributed by atoms with E-state index in [1.807, 2.05) is 54.6 Å². The summed E-state index contributed by atoms with van der Waals surface area (Å²) in [4.78, 5) is 4.30. The number of para-hydroxylation sites is 1. The minimum Gasteiger partial charge on any atom is -0.596 e. The molecule has 2 aromatic rings. The van der Waals surface area contributed by atoms with Crippen molar-refractivity contribution in [3.63, 3.8) is 0 Å². The average Bonchev–Trinajstić information content (AvgIpc) is 3.41. The Morgan fingerprint density at radius 2 is 1.56 bits per heavy atom. The highest BCUT2D eigenvalue weighted by Gasteiger charge is 2.67. The summed E-state index contributed by atoms with van der Waals surface area (Å²) < 4.78 is 6.92. The Kier molecular flexibility index (Phi) is 3.80. The van der Waals surface area contributed by atoms with Crippen LogP contribution in [0.1, 0.15) is 19.3 Å². The Bertz CT molecular complexity index is 857. The van der Waals surface area contributed by atoms with Gasteiger partial charge in [0.05, 0.1) is 31.9 Å². The molecule has 2 aliphatic heterocycles. The first-order valence-corrected chi connectivity index (χ1v) is 9.94. The minimum absolute atomic E-state index is 0.0130. The molecule has 3 aliphatic rings. The number of rotatable bonds is 3. The van der Waals surface area contributed by atoms with Crippen molar-refractivity contribution in [3.8, 4) is 11.1 Å². The molecule has 0 N–H and O–H groups in total. The van der Waals surface area contributed by atoms with Gasteiger partial charge in [-0.15, -0.1) is 0 Å². The van der Waals surface area contributed by atoms with Crippen molar-refractivity contribution in [2.45, 2.75) is 37.5 Å². The smallest absolute Gasteiger partial charge is 0.151 e. The molecule has 1 aliphatic carbocycles. The summed E-state index contributed by atoms with van der Waals surface area (Å²) in [5.74, 6) is 1.70. The normalized spacial score (nSPS) is 33.4. The van der Waals surface area contributed by atoms with Crippen LogP contribution in [0.5, 0.6) is 0 Å². The zero-order valence-electron chi connectivity index (χ0n) is 15.9. The van der Waals surface area contributed by atoms with Crippen LogP contribution in [0.2, 0.25) is 0 Å². The second-order valence-corrected chi connectivity index (χ2v) is 8.80. The molecule has 4 unspecified atom stereocenters. The van der Waals surface area contributed by atoms with Crippen LogP contribution in [0.15, 0.2) is 59.6 Å². The SMILES string of the molecule is C[N+]1(C)C2CC(OC([O-])=Nc3ccccc3-c3ccccc3)CC1C1CC12. The number of ether oxygens (including phenoxy) is 1. The van der Waals surface area contributed by atoms with E-state index < -0.39 is 6.08 Å². The Balaban J connectivity index is 1.34. The van der Waals surface area contributed by atoms with Crippen molar-refractivity contribution >= 4 is 11.8 Å². The van der Waals surface area contributed by atoms with Gasteiger partial charge in [0.1, 0.15) is 0 Å². The van der Waals surface area contributed by atoms with Crippen molar-refractivity contribution in [3.05, 3.63) is 54.6 Å². The quantitative estimate of drug-likeness (QED) is 0.477. The van der Waals surface area contributed by atoms with Crippen LogP contribution in [0.3, 0.4) is 0 Å². The molecule has 0 amide bonds. The first-order chi connectivity index (χ1) is 13.0. The number of benzene rings is 2. The second-order valence-electron chi connectivity index (χ2n) is 8.80. The third-order valence-electron chi connectivity index (χ3n) is 7.07. The Morgan fingerprint density at radius 3 is 2.26 bits per heavy atom. The van der Waals surface area contributed by atoms with E-state index in [1.54, 1.807) is 0 Å². The molecule has 4 heteroatoms. The highest BCUT2D eigenvalue weighted by molar-refractivity contribution is 5.79. The summed E-state index contributed by atoms with van der Waals surface area (Å²) in [5.41, 5.74) is 2.68. The lowest BCUT2D eigenvalue weighted by atomic mass is 9.93. The summed E-state index contributed by atoms with van der Waals surface area (Å²) in [6.07, 6.45) is 2.90. The lowest BCUT2D eigenvalue weighted by molar-refractivity contribution is -0.937. The van der Waals surface area contributed by atoms with Crippen molar-refractivity contribution in [1.29, 1.82) is 0 Å². The van der Waals surface area contributed by atoms with Gasteiger partial charge in [-0.1, -0.05) is 48.5 Å². The first kappa shape index (κ1) is 16.8. The topological polar surface area (TPSA) is 44.6 Å². The third-order valence-corrected chi connectivity index (χ3v) is 7.07. The Hall–Kier alpha value is -2.33. The van der Waals surface area contributed by atoms with E-state index in [2.05, 4.69) is 19.1 Å². The van der Waals surface area contributed by atoms with Crippen LogP contribution in [-0.4, -0.2) is 42.8 Å². The number of hydrogen-bond donors (Lipinski definition) is 0. The predicted octanol–water partition coefficient (Wildman–Crippen LogP) is 3.34. The molecular weight excluding hydrogens is 336 g/mol. The standard InChI is InChI=1S/C23H26N2O2/c1-25(2)21-12-16(13-22(25)19-14-18(19)21)27-23(26)24-20-11-7-6-10-17(20)15-8-4-3-5-9-15/h3-11,16,18-19,21-22H,12-14H2,1-2H3. The average molecular weight is 362 g/mol. The molecule has 4 nitrogen and oxygen atoms in total. The molecule has 0 radical (unpaired) electrons. The zero-order chi connectivity index (χ0) is 18.6. The molecule has 0 spiro atoms. The summed E-state index contributed by atoms with van der Waals surface area (Å²) in [6.45, 7) is 0. The van der Waals surface area contributed by atoms with E-state index in [-0.39, 0.29) is 6.10 Å². The monoisotopic (exact) mass is 362 g/mol. The molecule has 3 fully saturated rings. The predicted molar refractivity (Wildman–Crippen MR) is 104 cm³/mol. The van der Waals surface area contributed by atoms with Crippen LogP contribution in [0.25, 0.3) is 11.1 Å². The largest absolute Gasteiger partial charge is 0.596 e.